The van der Waals surface area contributed by atoms with Gasteiger partial charge in [-0.05, 0) is 68.3 Å². The van der Waals surface area contributed by atoms with Crippen molar-refractivity contribution < 1.29 is 0 Å². The second-order valence-electron chi connectivity index (χ2n) is 16.1. The van der Waals surface area contributed by atoms with Crippen molar-refractivity contribution in [1.29, 1.82) is 0 Å². The standard InChI is InChI=1S/C51H38N4/c1-50(2)41-22-11-8-17-35(41)37-27-25-32(29-43(37)50)47-52-48(33-26-28-38-36-18-9-12-23-42(36)51(3,4)44(38)30-33)54-49(53-47)55-45-24-13-10-19-39(45)40-21-14-20-34(46(40)55)31-15-6-5-7-16-31/h5-30H,1-4H3. The van der Waals surface area contributed by atoms with Gasteiger partial charge in [0.2, 0.25) is 5.95 Å². The van der Waals surface area contributed by atoms with Gasteiger partial charge in [-0.15, -0.1) is 0 Å². The molecule has 7 aromatic carbocycles. The summed E-state index contributed by atoms with van der Waals surface area (Å²) in [6, 6.07) is 56.8. The van der Waals surface area contributed by atoms with E-state index in [0.717, 1.165) is 44.1 Å². The number of para-hydroxylation sites is 2. The Balaban J connectivity index is 1.19. The summed E-state index contributed by atoms with van der Waals surface area (Å²) in [5.74, 6) is 1.90. The topological polar surface area (TPSA) is 43.6 Å². The lowest BCUT2D eigenvalue weighted by atomic mass is 9.82. The van der Waals surface area contributed by atoms with Crippen LogP contribution in [-0.2, 0) is 10.8 Å². The summed E-state index contributed by atoms with van der Waals surface area (Å²) in [7, 11) is 0. The maximum absolute atomic E-state index is 5.40. The number of aromatic nitrogens is 4. The van der Waals surface area contributed by atoms with Crippen molar-refractivity contribution in [3.63, 3.8) is 0 Å². The van der Waals surface area contributed by atoms with E-state index in [-0.39, 0.29) is 10.8 Å². The smallest absolute Gasteiger partial charge is 0.238 e. The average Bonchev–Trinajstić information content (AvgIpc) is 3.78. The maximum Gasteiger partial charge on any atom is 0.238 e. The summed E-state index contributed by atoms with van der Waals surface area (Å²) >= 11 is 0. The fourth-order valence-electron chi connectivity index (χ4n) is 9.49. The summed E-state index contributed by atoms with van der Waals surface area (Å²) < 4.78 is 2.25. The minimum absolute atomic E-state index is 0.154. The molecule has 55 heavy (non-hydrogen) atoms. The molecule has 0 saturated heterocycles. The van der Waals surface area contributed by atoms with Crippen molar-refractivity contribution in [2.24, 2.45) is 0 Å². The number of nitrogens with zero attached hydrogens (tertiary/aromatic N) is 4. The molecule has 0 spiro atoms. The van der Waals surface area contributed by atoms with E-state index in [4.69, 9.17) is 15.0 Å². The number of hydrogen-bond donors (Lipinski definition) is 0. The minimum Gasteiger partial charge on any atom is -0.277 e. The van der Waals surface area contributed by atoms with Gasteiger partial charge in [-0.3, -0.25) is 4.57 Å². The van der Waals surface area contributed by atoms with Gasteiger partial charge < -0.3 is 0 Å². The van der Waals surface area contributed by atoms with Gasteiger partial charge in [-0.1, -0.05) is 167 Å². The molecule has 2 aliphatic rings. The van der Waals surface area contributed by atoms with E-state index < -0.39 is 0 Å². The lowest BCUT2D eigenvalue weighted by Crippen LogP contribution is -2.15. The average molecular weight is 707 g/mol. The van der Waals surface area contributed by atoms with Gasteiger partial charge in [0, 0.05) is 38.3 Å². The van der Waals surface area contributed by atoms with Crippen molar-refractivity contribution in [2.75, 3.05) is 0 Å². The molecule has 11 rings (SSSR count). The third-order valence-electron chi connectivity index (χ3n) is 12.3. The van der Waals surface area contributed by atoms with Crippen molar-refractivity contribution in [2.45, 2.75) is 38.5 Å². The third kappa shape index (κ3) is 4.55. The first kappa shape index (κ1) is 31.8. The summed E-state index contributed by atoms with van der Waals surface area (Å²) in [5, 5.41) is 2.32. The SMILES string of the molecule is CC1(C)c2ccccc2-c2ccc(-c3nc(-c4ccc5c(c4)C(C)(C)c4ccccc4-5)nc(-n4c5ccccc5c5cccc(-c6ccccc6)c54)n3)cc21. The maximum atomic E-state index is 5.40. The Morgan fingerprint density at radius 2 is 0.873 bits per heavy atom. The Labute approximate surface area is 320 Å². The van der Waals surface area contributed by atoms with Gasteiger partial charge in [0.05, 0.1) is 11.0 Å². The van der Waals surface area contributed by atoms with Crippen LogP contribution in [-0.4, -0.2) is 19.5 Å². The highest BCUT2D eigenvalue weighted by Gasteiger charge is 2.37. The lowest BCUT2D eigenvalue weighted by molar-refractivity contribution is 0.660. The second-order valence-corrected chi connectivity index (χ2v) is 16.1. The first-order valence-corrected chi connectivity index (χ1v) is 19.1. The number of benzene rings is 7. The molecule has 0 unspecified atom stereocenters. The van der Waals surface area contributed by atoms with E-state index in [1.165, 1.54) is 44.5 Å². The molecule has 0 saturated carbocycles. The van der Waals surface area contributed by atoms with Gasteiger partial charge in [-0.2, -0.15) is 9.97 Å². The van der Waals surface area contributed by atoms with E-state index >= 15 is 0 Å². The highest BCUT2D eigenvalue weighted by atomic mass is 15.2. The van der Waals surface area contributed by atoms with Crippen LogP contribution in [0.4, 0.5) is 0 Å². The van der Waals surface area contributed by atoms with Crippen molar-refractivity contribution in [1.82, 2.24) is 19.5 Å². The Morgan fingerprint density at radius 3 is 1.49 bits per heavy atom. The van der Waals surface area contributed by atoms with E-state index in [1.807, 2.05) is 0 Å². The molecule has 0 N–H and O–H groups in total. The first-order chi connectivity index (χ1) is 26.8. The predicted molar refractivity (Wildman–Crippen MR) is 226 cm³/mol. The van der Waals surface area contributed by atoms with Gasteiger partial charge >= 0.3 is 0 Å². The zero-order valence-corrected chi connectivity index (χ0v) is 31.3. The highest BCUT2D eigenvalue weighted by Crippen LogP contribution is 2.51. The van der Waals surface area contributed by atoms with E-state index in [2.05, 4.69) is 190 Å². The van der Waals surface area contributed by atoms with Crippen LogP contribution in [0, 0.1) is 0 Å². The van der Waals surface area contributed by atoms with Crippen molar-refractivity contribution in [3.05, 3.63) is 180 Å². The molecule has 4 nitrogen and oxygen atoms in total. The largest absolute Gasteiger partial charge is 0.277 e. The number of rotatable bonds is 4. The molecule has 0 amide bonds. The molecule has 262 valence electrons. The molecule has 0 fully saturated rings. The molecule has 2 aromatic heterocycles. The molecule has 0 aliphatic heterocycles. The lowest BCUT2D eigenvalue weighted by Gasteiger charge is -2.22. The minimum atomic E-state index is -0.154. The fraction of sp³-hybridized carbons (Fsp3) is 0.118. The van der Waals surface area contributed by atoms with Gasteiger partial charge in [0.15, 0.2) is 11.6 Å². The van der Waals surface area contributed by atoms with E-state index in [9.17, 15) is 0 Å². The van der Waals surface area contributed by atoms with Crippen LogP contribution in [0.25, 0.3) is 83.9 Å². The van der Waals surface area contributed by atoms with Gasteiger partial charge in [0.1, 0.15) is 0 Å². The van der Waals surface area contributed by atoms with Crippen molar-refractivity contribution in [3.8, 4) is 62.1 Å². The molecule has 0 atom stereocenters. The van der Waals surface area contributed by atoms with Crippen LogP contribution in [0.15, 0.2) is 158 Å². The molecule has 2 heterocycles. The zero-order valence-electron chi connectivity index (χ0n) is 31.3. The second kappa shape index (κ2) is 11.4. The van der Waals surface area contributed by atoms with Gasteiger partial charge in [0.25, 0.3) is 0 Å². The Bertz CT molecular complexity index is 2910. The molecule has 9 aromatic rings. The quantitative estimate of drug-likeness (QED) is 0.183. The monoisotopic (exact) mass is 706 g/mol. The van der Waals surface area contributed by atoms with Crippen LogP contribution < -0.4 is 0 Å². The molecule has 0 radical (unpaired) electrons. The normalized spacial score (nSPS) is 14.5. The summed E-state index contributed by atoms with van der Waals surface area (Å²) in [4.78, 5) is 16.1. The van der Waals surface area contributed by atoms with E-state index in [0.29, 0.717) is 17.6 Å². The van der Waals surface area contributed by atoms with Gasteiger partial charge in [-0.25, -0.2) is 4.98 Å². The Kier molecular flexibility index (Phi) is 6.61. The first-order valence-electron chi connectivity index (χ1n) is 19.1. The molecule has 0 bridgehead atoms. The molecular weight excluding hydrogens is 669 g/mol. The number of fused-ring (bicyclic) bond motifs is 9. The number of hydrogen-bond acceptors (Lipinski definition) is 3. The molecular formula is C51H38N4. The van der Waals surface area contributed by atoms with Crippen LogP contribution in [0.2, 0.25) is 0 Å². The zero-order chi connectivity index (χ0) is 37.1. The Hall–Kier alpha value is -6.65. The van der Waals surface area contributed by atoms with E-state index in [1.54, 1.807) is 0 Å². The highest BCUT2D eigenvalue weighted by molar-refractivity contribution is 6.13. The Morgan fingerprint density at radius 1 is 0.382 bits per heavy atom. The van der Waals surface area contributed by atoms with Crippen LogP contribution in [0.5, 0.6) is 0 Å². The molecule has 4 heteroatoms. The summed E-state index contributed by atoms with van der Waals surface area (Å²) in [6.45, 7) is 9.27. The fourth-order valence-corrected chi connectivity index (χ4v) is 9.49. The third-order valence-corrected chi connectivity index (χ3v) is 12.3. The van der Waals surface area contributed by atoms with Crippen LogP contribution in [0.3, 0.4) is 0 Å². The summed E-state index contributed by atoms with van der Waals surface area (Å²) in [5.41, 5.74) is 16.5. The summed E-state index contributed by atoms with van der Waals surface area (Å²) in [6.07, 6.45) is 0. The van der Waals surface area contributed by atoms with Crippen molar-refractivity contribution >= 4 is 21.8 Å². The predicted octanol–water partition coefficient (Wildman–Crippen LogP) is 12.6. The van der Waals surface area contributed by atoms with Crippen LogP contribution in [0.1, 0.15) is 49.9 Å². The van der Waals surface area contributed by atoms with Crippen LogP contribution >= 0.6 is 0 Å². The molecule has 2 aliphatic carbocycles.